The van der Waals surface area contributed by atoms with Gasteiger partial charge in [-0.15, -0.1) is 0 Å². The van der Waals surface area contributed by atoms with Gasteiger partial charge < -0.3 is 10.6 Å². The topological polar surface area (TPSA) is 46.3 Å². The molecule has 0 bridgehead atoms. The summed E-state index contributed by atoms with van der Waals surface area (Å²) >= 11 is 0. The summed E-state index contributed by atoms with van der Waals surface area (Å²) in [5.74, 6) is 2.01. The standard InChI is InChI=1S/C16H30N2O/c1-3-13-5-4-7-18(8-6-13)16(19)14-9-12(2)10-15(17)11-14/h12-15H,3-11,17H2,1-2H3. The molecule has 0 radical (unpaired) electrons. The zero-order valence-corrected chi connectivity index (χ0v) is 12.6. The summed E-state index contributed by atoms with van der Waals surface area (Å²) < 4.78 is 0. The lowest BCUT2D eigenvalue weighted by molar-refractivity contribution is -0.137. The first-order valence-electron chi connectivity index (χ1n) is 8.14. The second-order valence-electron chi connectivity index (χ2n) is 6.80. The fourth-order valence-electron chi connectivity index (χ4n) is 3.91. The maximum Gasteiger partial charge on any atom is 0.225 e. The molecule has 2 N–H and O–H groups in total. The second kappa shape index (κ2) is 6.74. The van der Waals surface area contributed by atoms with Crippen molar-refractivity contribution in [2.75, 3.05) is 13.1 Å². The highest BCUT2D eigenvalue weighted by Gasteiger charge is 2.32. The number of amides is 1. The van der Waals surface area contributed by atoms with Crippen molar-refractivity contribution in [2.45, 2.75) is 64.8 Å². The molecule has 3 heteroatoms. The van der Waals surface area contributed by atoms with Gasteiger partial charge in [-0.05, 0) is 50.4 Å². The molecule has 19 heavy (non-hydrogen) atoms. The van der Waals surface area contributed by atoms with Crippen LogP contribution in [0.25, 0.3) is 0 Å². The van der Waals surface area contributed by atoms with E-state index in [1.165, 1.54) is 25.7 Å². The molecule has 2 fully saturated rings. The number of carbonyl (C=O) groups is 1. The zero-order valence-electron chi connectivity index (χ0n) is 12.6. The maximum absolute atomic E-state index is 12.7. The third kappa shape index (κ3) is 3.95. The van der Waals surface area contributed by atoms with Crippen LogP contribution in [0.1, 0.15) is 58.8 Å². The quantitative estimate of drug-likeness (QED) is 0.835. The van der Waals surface area contributed by atoms with Gasteiger partial charge in [0.2, 0.25) is 5.91 Å². The van der Waals surface area contributed by atoms with Gasteiger partial charge in [-0.3, -0.25) is 4.79 Å². The van der Waals surface area contributed by atoms with Crippen LogP contribution >= 0.6 is 0 Å². The molecule has 0 spiro atoms. The van der Waals surface area contributed by atoms with Gasteiger partial charge in [-0.2, -0.15) is 0 Å². The lowest BCUT2D eigenvalue weighted by Crippen LogP contribution is -2.42. The van der Waals surface area contributed by atoms with Gasteiger partial charge >= 0.3 is 0 Å². The predicted octanol–water partition coefficient (Wildman–Crippen LogP) is 2.79. The van der Waals surface area contributed by atoms with E-state index in [1.54, 1.807) is 0 Å². The van der Waals surface area contributed by atoms with Crippen LogP contribution in [0.2, 0.25) is 0 Å². The van der Waals surface area contributed by atoms with E-state index >= 15 is 0 Å². The Bertz CT molecular complexity index is 295. The molecule has 1 aliphatic carbocycles. The Hall–Kier alpha value is -0.570. The number of likely N-dealkylation sites (tertiary alicyclic amines) is 1. The second-order valence-corrected chi connectivity index (χ2v) is 6.80. The van der Waals surface area contributed by atoms with E-state index in [-0.39, 0.29) is 12.0 Å². The van der Waals surface area contributed by atoms with Gasteiger partial charge in [0.25, 0.3) is 0 Å². The molecule has 1 heterocycles. The van der Waals surface area contributed by atoms with Crippen molar-refractivity contribution in [1.82, 2.24) is 4.90 Å². The molecule has 2 aliphatic rings. The van der Waals surface area contributed by atoms with E-state index < -0.39 is 0 Å². The summed E-state index contributed by atoms with van der Waals surface area (Å²) in [7, 11) is 0. The van der Waals surface area contributed by atoms with Gasteiger partial charge in [0.05, 0.1) is 0 Å². The van der Waals surface area contributed by atoms with E-state index in [0.29, 0.717) is 11.8 Å². The summed E-state index contributed by atoms with van der Waals surface area (Å²) in [5.41, 5.74) is 6.09. The summed E-state index contributed by atoms with van der Waals surface area (Å²) in [6.45, 7) is 6.44. The lowest BCUT2D eigenvalue weighted by Gasteiger charge is -2.34. The number of carbonyl (C=O) groups excluding carboxylic acids is 1. The third-order valence-electron chi connectivity index (χ3n) is 5.07. The van der Waals surface area contributed by atoms with Gasteiger partial charge in [0, 0.05) is 25.0 Å². The van der Waals surface area contributed by atoms with Crippen molar-refractivity contribution in [3.8, 4) is 0 Å². The van der Waals surface area contributed by atoms with Crippen molar-refractivity contribution < 1.29 is 4.79 Å². The molecule has 0 aromatic carbocycles. The van der Waals surface area contributed by atoms with E-state index in [9.17, 15) is 4.79 Å². The van der Waals surface area contributed by atoms with Crippen molar-refractivity contribution in [2.24, 2.45) is 23.5 Å². The highest BCUT2D eigenvalue weighted by atomic mass is 16.2. The molecule has 0 aromatic heterocycles. The maximum atomic E-state index is 12.7. The molecule has 1 saturated carbocycles. The molecule has 4 unspecified atom stereocenters. The van der Waals surface area contributed by atoms with Gasteiger partial charge in [0.1, 0.15) is 0 Å². The first-order valence-corrected chi connectivity index (χ1v) is 8.14. The predicted molar refractivity (Wildman–Crippen MR) is 78.7 cm³/mol. The van der Waals surface area contributed by atoms with Crippen molar-refractivity contribution >= 4 is 5.91 Å². The Balaban J connectivity index is 1.91. The van der Waals surface area contributed by atoms with Crippen molar-refractivity contribution in [3.63, 3.8) is 0 Å². The Kier molecular flexibility index (Phi) is 5.26. The lowest BCUT2D eigenvalue weighted by atomic mass is 9.79. The van der Waals surface area contributed by atoms with Crippen LogP contribution in [0.5, 0.6) is 0 Å². The van der Waals surface area contributed by atoms with Crippen LogP contribution in [0, 0.1) is 17.8 Å². The number of nitrogens with zero attached hydrogens (tertiary/aromatic N) is 1. The molecule has 1 saturated heterocycles. The van der Waals surface area contributed by atoms with Gasteiger partial charge in [0.15, 0.2) is 0 Å². The first-order chi connectivity index (χ1) is 9.10. The van der Waals surface area contributed by atoms with Gasteiger partial charge in [-0.1, -0.05) is 20.3 Å². The fraction of sp³-hybridized carbons (Fsp3) is 0.938. The van der Waals surface area contributed by atoms with Crippen LogP contribution < -0.4 is 5.73 Å². The SMILES string of the molecule is CCC1CCCN(C(=O)C2CC(C)CC(N)C2)CC1. The van der Waals surface area contributed by atoms with Crippen LogP contribution in [0.3, 0.4) is 0 Å². The number of hydrogen-bond acceptors (Lipinski definition) is 2. The number of rotatable bonds is 2. The Morgan fingerprint density at radius 2 is 2.00 bits per heavy atom. The summed E-state index contributed by atoms with van der Waals surface area (Å²) in [6.07, 6.45) is 7.95. The van der Waals surface area contributed by atoms with E-state index in [0.717, 1.165) is 38.3 Å². The largest absolute Gasteiger partial charge is 0.342 e. The minimum atomic E-state index is 0.192. The monoisotopic (exact) mass is 266 g/mol. The molecular weight excluding hydrogens is 236 g/mol. The minimum absolute atomic E-state index is 0.192. The Labute approximate surface area is 117 Å². The number of nitrogens with two attached hydrogens (primary N) is 1. The summed E-state index contributed by atoms with van der Waals surface area (Å²) in [4.78, 5) is 14.8. The normalized spacial score (nSPS) is 36.9. The average Bonchev–Trinajstić information content (AvgIpc) is 2.61. The van der Waals surface area contributed by atoms with Crippen LogP contribution in [-0.4, -0.2) is 29.9 Å². The average molecular weight is 266 g/mol. The molecule has 1 amide bonds. The molecular formula is C16H30N2O. The third-order valence-corrected chi connectivity index (χ3v) is 5.07. The molecule has 1 aliphatic heterocycles. The van der Waals surface area contributed by atoms with Crippen LogP contribution in [0.4, 0.5) is 0 Å². The highest BCUT2D eigenvalue weighted by Crippen LogP contribution is 2.30. The first kappa shape index (κ1) is 14.8. The fourth-order valence-corrected chi connectivity index (χ4v) is 3.91. The molecule has 2 rings (SSSR count). The Morgan fingerprint density at radius 3 is 2.68 bits per heavy atom. The molecule has 4 atom stereocenters. The minimum Gasteiger partial charge on any atom is -0.342 e. The van der Waals surface area contributed by atoms with E-state index in [4.69, 9.17) is 5.73 Å². The summed E-state index contributed by atoms with van der Waals surface area (Å²) in [5, 5.41) is 0. The number of hydrogen-bond donors (Lipinski definition) is 1. The van der Waals surface area contributed by atoms with Crippen molar-refractivity contribution in [1.29, 1.82) is 0 Å². The van der Waals surface area contributed by atoms with Crippen LogP contribution in [0.15, 0.2) is 0 Å². The smallest absolute Gasteiger partial charge is 0.225 e. The van der Waals surface area contributed by atoms with Gasteiger partial charge in [-0.25, -0.2) is 0 Å². The Morgan fingerprint density at radius 1 is 1.21 bits per heavy atom. The molecule has 0 aromatic rings. The van der Waals surface area contributed by atoms with Crippen LogP contribution in [-0.2, 0) is 4.79 Å². The molecule has 110 valence electrons. The van der Waals surface area contributed by atoms with E-state index in [2.05, 4.69) is 18.7 Å². The van der Waals surface area contributed by atoms with Crippen molar-refractivity contribution in [3.05, 3.63) is 0 Å². The van der Waals surface area contributed by atoms with E-state index in [1.807, 2.05) is 0 Å². The molecule has 3 nitrogen and oxygen atoms in total. The highest BCUT2D eigenvalue weighted by molar-refractivity contribution is 5.79. The summed E-state index contributed by atoms with van der Waals surface area (Å²) in [6, 6.07) is 0.230. The zero-order chi connectivity index (χ0) is 13.8.